The normalized spacial score (nSPS) is 27.3. The molecule has 6 nitrogen and oxygen atoms in total. The quantitative estimate of drug-likeness (QED) is 0.758. The highest BCUT2D eigenvalue weighted by molar-refractivity contribution is 5.89. The van der Waals surface area contributed by atoms with E-state index < -0.39 is 0 Å². The van der Waals surface area contributed by atoms with Crippen LogP contribution in [0.4, 0.5) is 0 Å². The van der Waals surface area contributed by atoms with Crippen molar-refractivity contribution in [1.29, 1.82) is 0 Å². The van der Waals surface area contributed by atoms with Gasteiger partial charge >= 0.3 is 0 Å². The van der Waals surface area contributed by atoms with E-state index in [1.54, 1.807) is 0 Å². The summed E-state index contributed by atoms with van der Waals surface area (Å²) in [7, 11) is 0. The summed E-state index contributed by atoms with van der Waals surface area (Å²) >= 11 is 0. The van der Waals surface area contributed by atoms with Crippen molar-refractivity contribution >= 4 is 17.7 Å². The Balaban J connectivity index is 1.18. The van der Waals surface area contributed by atoms with Crippen molar-refractivity contribution in [3.63, 3.8) is 0 Å². The Kier molecular flexibility index (Phi) is 6.22. The van der Waals surface area contributed by atoms with Gasteiger partial charge < -0.3 is 15.1 Å². The van der Waals surface area contributed by atoms with E-state index in [4.69, 9.17) is 0 Å². The lowest BCUT2D eigenvalue weighted by Crippen LogP contribution is -2.42. The number of likely N-dealkylation sites (tertiary alicyclic amines) is 2. The first kappa shape index (κ1) is 19.7. The lowest BCUT2D eigenvalue weighted by Gasteiger charge is -2.35. The van der Waals surface area contributed by atoms with Crippen molar-refractivity contribution in [1.82, 2.24) is 15.1 Å². The SMILES string of the molecule is O=C(NC1CC1)C1CC(=O)N(CC2CCN(C(=O)CC3CCCCC3)CC2)C1. The second-order valence-electron chi connectivity index (χ2n) is 9.51. The van der Waals surface area contributed by atoms with Gasteiger partial charge in [-0.2, -0.15) is 0 Å². The van der Waals surface area contributed by atoms with Crippen molar-refractivity contribution in [2.75, 3.05) is 26.2 Å². The van der Waals surface area contributed by atoms with Gasteiger partial charge in [-0.1, -0.05) is 19.3 Å². The van der Waals surface area contributed by atoms with Crippen LogP contribution in [0.15, 0.2) is 0 Å². The van der Waals surface area contributed by atoms with Gasteiger partial charge in [0.25, 0.3) is 0 Å². The van der Waals surface area contributed by atoms with Crippen LogP contribution in [-0.4, -0.2) is 59.7 Å². The summed E-state index contributed by atoms with van der Waals surface area (Å²) in [6, 6.07) is 0.354. The molecule has 2 aliphatic heterocycles. The van der Waals surface area contributed by atoms with Crippen LogP contribution in [0, 0.1) is 17.8 Å². The molecule has 0 aromatic rings. The molecule has 1 N–H and O–H groups in total. The van der Waals surface area contributed by atoms with E-state index in [9.17, 15) is 14.4 Å². The Labute approximate surface area is 168 Å². The van der Waals surface area contributed by atoms with Crippen LogP contribution in [0.3, 0.4) is 0 Å². The topological polar surface area (TPSA) is 69.7 Å². The van der Waals surface area contributed by atoms with Crippen molar-refractivity contribution < 1.29 is 14.4 Å². The molecule has 0 bridgehead atoms. The standard InChI is InChI=1S/C22H35N3O3/c26-20(12-16-4-2-1-3-5-16)24-10-8-17(9-11-24)14-25-15-18(13-21(25)27)22(28)23-19-6-7-19/h16-19H,1-15H2,(H,23,28). The lowest BCUT2D eigenvalue weighted by atomic mass is 9.86. The first-order valence-corrected chi connectivity index (χ1v) is 11.4. The number of hydrogen-bond donors (Lipinski definition) is 1. The first-order chi connectivity index (χ1) is 13.6. The molecule has 4 rings (SSSR count). The third-order valence-corrected chi connectivity index (χ3v) is 7.14. The van der Waals surface area contributed by atoms with Gasteiger partial charge in [-0.15, -0.1) is 0 Å². The molecule has 0 aromatic carbocycles. The van der Waals surface area contributed by atoms with Gasteiger partial charge in [-0.3, -0.25) is 14.4 Å². The molecule has 1 unspecified atom stereocenters. The van der Waals surface area contributed by atoms with E-state index in [-0.39, 0.29) is 17.7 Å². The monoisotopic (exact) mass is 389 g/mol. The summed E-state index contributed by atoms with van der Waals surface area (Å²) in [6.45, 7) is 2.96. The smallest absolute Gasteiger partial charge is 0.225 e. The predicted molar refractivity (Wildman–Crippen MR) is 106 cm³/mol. The number of carbonyl (C=O) groups excluding carboxylic acids is 3. The van der Waals surface area contributed by atoms with E-state index in [0.717, 1.165) is 51.7 Å². The average Bonchev–Trinajstić information content (AvgIpc) is 3.44. The molecule has 2 saturated carbocycles. The van der Waals surface area contributed by atoms with Gasteiger partial charge in [-0.05, 0) is 50.4 Å². The van der Waals surface area contributed by atoms with E-state index in [2.05, 4.69) is 5.32 Å². The largest absolute Gasteiger partial charge is 0.353 e. The van der Waals surface area contributed by atoms with Gasteiger partial charge in [0.15, 0.2) is 0 Å². The molecule has 0 spiro atoms. The van der Waals surface area contributed by atoms with Crippen LogP contribution in [0.2, 0.25) is 0 Å². The van der Waals surface area contributed by atoms with Gasteiger partial charge in [0, 0.05) is 45.1 Å². The van der Waals surface area contributed by atoms with Crippen LogP contribution >= 0.6 is 0 Å². The van der Waals surface area contributed by atoms with Crippen LogP contribution in [-0.2, 0) is 14.4 Å². The highest BCUT2D eigenvalue weighted by atomic mass is 16.2. The summed E-state index contributed by atoms with van der Waals surface area (Å²) in [4.78, 5) is 41.1. The number of piperidine rings is 1. The highest BCUT2D eigenvalue weighted by Gasteiger charge is 2.37. The van der Waals surface area contributed by atoms with E-state index >= 15 is 0 Å². The molecule has 4 fully saturated rings. The van der Waals surface area contributed by atoms with Crippen LogP contribution in [0.5, 0.6) is 0 Å². The predicted octanol–water partition coefficient (Wildman–Crippen LogP) is 2.32. The van der Waals surface area contributed by atoms with E-state index in [1.807, 2.05) is 9.80 Å². The summed E-state index contributed by atoms with van der Waals surface area (Å²) in [5, 5.41) is 3.03. The second kappa shape index (κ2) is 8.83. The third kappa shape index (κ3) is 5.06. The molecular weight excluding hydrogens is 354 g/mol. The van der Waals surface area contributed by atoms with Gasteiger partial charge in [0.1, 0.15) is 0 Å². The number of amides is 3. The number of hydrogen-bond acceptors (Lipinski definition) is 3. The Hall–Kier alpha value is -1.59. The molecule has 0 aromatic heterocycles. The minimum atomic E-state index is -0.176. The maximum atomic E-state index is 12.6. The fourth-order valence-corrected chi connectivity index (χ4v) is 5.11. The minimum Gasteiger partial charge on any atom is -0.353 e. The van der Waals surface area contributed by atoms with Crippen LogP contribution in [0.25, 0.3) is 0 Å². The molecule has 6 heteroatoms. The molecular formula is C22H35N3O3. The fourth-order valence-electron chi connectivity index (χ4n) is 5.11. The number of nitrogens with zero attached hydrogens (tertiary/aromatic N) is 2. The molecule has 3 amide bonds. The Morgan fingerprint density at radius 2 is 1.64 bits per heavy atom. The minimum absolute atomic E-state index is 0.0569. The molecule has 28 heavy (non-hydrogen) atoms. The maximum absolute atomic E-state index is 12.6. The van der Waals surface area contributed by atoms with Gasteiger partial charge in [-0.25, -0.2) is 0 Å². The van der Waals surface area contributed by atoms with E-state index in [0.29, 0.717) is 36.8 Å². The molecule has 2 saturated heterocycles. The Morgan fingerprint density at radius 1 is 0.929 bits per heavy atom. The first-order valence-electron chi connectivity index (χ1n) is 11.4. The fraction of sp³-hybridized carbons (Fsp3) is 0.864. The summed E-state index contributed by atoms with van der Waals surface area (Å²) in [6.07, 6.45) is 11.5. The Bertz CT molecular complexity index is 590. The molecule has 2 aliphatic carbocycles. The third-order valence-electron chi connectivity index (χ3n) is 7.14. The maximum Gasteiger partial charge on any atom is 0.225 e. The molecule has 156 valence electrons. The summed E-state index contributed by atoms with van der Waals surface area (Å²) in [5.74, 6) is 1.38. The van der Waals surface area contributed by atoms with E-state index in [1.165, 1.54) is 32.1 Å². The van der Waals surface area contributed by atoms with Gasteiger partial charge in [0.2, 0.25) is 17.7 Å². The summed E-state index contributed by atoms with van der Waals surface area (Å²) in [5.41, 5.74) is 0. The number of carbonyl (C=O) groups is 3. The van der Waals surface area contributed by atoms with Crippen molar-refractivity contribution in [3.05, 3.63) is 0 Å². The van der Waals surface area contributed by atoms with Crippen LogP contribution in [0.1, 0.15) is 70.6 Å². The lowest BCUT2D eigenvalue weighted by molar-refractivity contribution is -0.134. The molecule has 1 atom stereocenters. The Morgan fingerprint density at radius 3 is 2.32 bits per heavy atom. The van der Waals surface area contributed by atoms with Crippen LogP contribution < -0.4 is 5.32 Å². The second-order valence-corrected chi connectivity index (χ2v) is 9.51. The average molecular weight is 390 g/mol. The van der Waals surface area contributed by atoms with Crippen molar-refractivity contribution in [2.24, 2.45) is 17.8 Å². The number of rotatable bonds is 6. The van der Waals surface area contributed by atoms with Crippen molar-refractivity contribution in [3.8, 4) is 0 Å². The summed E-state index contributed by atoms with van der Waals surface area (Å²) < 4.78 is 0. The van der Waals surface area contributed by atoms with Gasteiger partial charge in [0.05, 0.1) is 5.92 Å². The highest BCUT2D eigenvalue weighted by Crippen LogP contribution is 2.29. The number of nitrogens with one attached hydrogen (secondary N) is 1. The molecule has 0 radical (unpaired) electrons. The van der Waals surface area contributed by atoms with Crippen molar-refractivity contribution in [2.45, 2.75) is 76.7 Å². The zero-order valence-electron chi connectivity index (χ0n) is 17.0. The molecule has 2 heterocycles. The zero-order chi connectivity index (χ0) is 19.5. The zero-order valence-corrected chi connectivity index (χ0v) is 17.0. The molecule has 4 aliphatic rings.